The average Bonchev–Trinajstić information content (AvgIpc) is 2.89. The summed E-state index contributed by atoms with van der Waals surface area (Å²) in [5.74, 6) is -0.180. The lowest BCUT2D eigenvalue weighted by Crippen LogP contribution is -2.39. The van der Waals surface area contributed by atoms with Crippen molar-refractivity contribution in [3.05, 3.63) is 35.9 Å². The molecule has 1 aromatic carbocycles. The third kappa shape index (κ3) is 3.85. The van der Waals surface area contributed by atoms with Crippen LogP contribution in [0.2, 0.25) is 0 Å². The molecule has 0 bridgehead atoms. The molecule has 5 heteroatoms. The van der Waals surface area contributed by atoms with E-state index in [9.17, 15) is 9.59 Å². The number of methoxy groups -OCH3 is 1. The van der Waals surface area contributed by atoms with Crippen molar-refractivity contribution >= 4 is 11.8 Å². The summed E-state index contributed by atoms with van der Waals surface area (Å²) in [6.07, 6.45) is 0.298. The van der Waals surface area contributed by atoms with Crippen molar-refractivity contribution < 1.29 is 14.3 Å². The minimum atomic E-state index is -0.250. The first kappa shape index (κ1) is 16.5. The van der Waals surface area contributed by atoms with Gasteiger partial charge in [-0.15, -0.1) is 0 Å². The van der Waals surface area contributed by atoms with Gasteiger partial charge in [-0.3, -0.25) is 9.59 Å². The Morgan fingerprint density at radius 3 is 2.73 bits per heavy atom. The number of rotatable bonds is 6. The molecule has 1 saturated heterocycles. The number of hydrogen-bond acceptors (Lipinski definition) is 3. The number of amides is 2. The smallest absolute Gasteiger partial charge is 0.228 e. The predicted molar refractivity (Wildman–Crippen MR) is 84.1 cm³/mol. The Morgan fingerprint density at radius 2 is 2.09 bits per heavy atom. The molecule has 1 heterocycles. The van der Waals surface area contributed by atoms with Crippen molar-refractivity contribution in [3.8, 4) is 0 Å². The van der Waals surface area contributed by atoms with Gasteiger partial charge in [-0.05, 0) is 12.5 Å². The summed E-state index contributed by atoms with van der Waals surface area (Å²) in [5, 5.41) is 0. The second kappa shape index (κ2) is 7.40. The lowest BCUT2D eigenvalue weighted by Gasteiger charge is -2.25. The van der Waals surface area contributed by atoms with Crippen molar-refractivity contribution in [3.63, 3.8) is 0 Å². The molecule has 1 aromatic rings. The zero-order chi connectivity index (χ0) is 16.1. The molecule has 0 unspecified atom stereocenters. The Morgan fingerprint density at radius 1 is 1.41 bits per heavy atom. The SMILES string of the molecule is COC[C@H](C)N1C[C@@H](C(=O)N(C)Cc2ccccc2)CC1=O. The van der Waals surface area contributed by atoms with E-state index in [2.05, 4.69) is 0 Å². The quantitative estimate of drug-likeness (QED) is 0.801. The number of benzene rings is 1. The first-order valence-corrected chi connectivity index (χ1v) is 7.60. The highest BCUT2D eigenvalue weighted by Crippen LogP contribution is 2.22. The summed E-state index contributed by atoms with van der Waals surface area (Å²) in [7, 11) is 3.41. The van der Waals surface area contributed by atoms with Crippen molar-refractivity contribution in [2.24, 2.45) is 5.92 Å². The van der Waals surface area contributed by atoms with E-state index in [4.69, 9.17) is 4.74 Å². The Labute approximate surface area is 131 Å². The molecule has 0 N–H and O–H groups in total. The second-order valence-corrected chi connectivity index (χ2v) is 5.93. The molecule has 0 radical (unpaired) electrons. The van der Waals surface area contributed by atoms with E-state index in [-0.39, 0.29) is 23.8 Å². The van der Waals surface area contributed by atoms with Crippen LogP contribution in [0.5, 0.6) is 0 Å². The van der Waals surface area contributed by atoms with E-state index in [0.29, 0.717) is 26.1 Å². The molecule has 0 saturated carbocycles. The third-order valence-corrected chi connectivity index (χ3v) is 4.09. The van der Waals surface area contributed by atoms with Gasteiger partial charge in [0.25, 0.3) is 0 Å². The van der Waals surface area contributed by atoms with Gasteiger partial charge in [0.05, 0.1) is 18.6 Å². The van der Waals surface area contributed by atoms with Gasteiger partial charge in [0, 0.05) is 33.7 Å². The molecule has 1 aliphatic rings. The highest BCUT2D eigenvalue weighted by atomic mass is 16.5. The molecule has 120 valence electrons. The van der Waals surface area contributed by atoms with Crippen molar-refractivity contribution in [2.75, 3.05) is 27.3 Å². The minimum Gasteiger partial charge on any atom is -0.383 e. The molecule has 2 rings (SSSR count). The molecular weight excluding hydrogens is 280 g/mol. The van der Waals surface area contributed by atoms with Crippen LogP contribution in [0, 0.1) is 5.92 Å². The van der Waals surface area contributed by atoms with E-state index in [1.54, 1.807) is 24.0 Å². The summed E-state index contributed by atoms with van der Waals surface area (Å²) in [5.41, 5.74) is 1.09. The van der Waals surface area contributed by atoms with E-state index < -0.39 is 0 Å². The predicted octanol–water partition coefficient (Wildman–Crippen LogP) is 1.53. The van der Waals surface area contributed by atoms with Crippen LogP contribution in [0.15, 0.2) is 30.3 Å². The van der Waals surface area contributed by atoms with Crippen molar-refractivity contribution in [1.82, 2.24) is 9.80 Å². The molecule has 0 spiro atoms. The Kier molecular flexibility index (Phi) is 5.55. The topological polar surface area (TPSA) is 49.9 Å². The Balaban J connectivity index is 1.94. The standard InChI is InChI=1S/C17H24N2O3/c1-13(12-22-3)19-11-15(9-16(19)20)17(21)18(2)10-14-7-5-4-6-8-14/h4-8,13,15H,9-12H2,1-3H3/t13-,15-/m0/s1. The maximum atomic E-state index is 12.5. The van der Waals surface area contributed by atoms with Crippen LogP contribution < -0.4 is 0 Å². The lowest BCUT2D eigenvalue weighted by atomic mass is 10.1. The maximum Gasteiger partial charge on any atom is 0.228 e. The van der Waals surface area contributed by atoms with Crippen molar-refractivity contribution in [1.29, 1.82) is 0 Å². The first-order chi connectivity index (χ1) is 10.5. The van der Waals surface area contributed by atoms with E-state index in [0.717, 1.165) is 5.56 Å². The number of likely N-dealkylation sites (tertiary alicyclic amines) is 1. The monoisotopic (exact) mass is 304 g/mol. The van der Waals surface area contributed by atoms with Crippen LogP contribution in [0.4, 0.5) is 0 Å². The minimum absolute atomic E-state index is 0.00901. The van der Waals surface area contributed by atoms with Gasteiger partial charge in [-0.1, -0.05) is 30.3 Å². The molecule has 2 amide bonds. The van der Waals surface area contributed by atoms with E-state index in [1.807, 2.05) is 37.3 Å². The summed E-state index contributed by atoms with van der Waals surface area (Å²) in [6, 6.07) is 9.88. The first-order valence-electron chi connectivity index (χ1n) is 7.60. The molecule has 1 fully saturated rings. The number of carbonyl (C=O) groups excluding carboxylic acids is 2. The molecule has 0 aliphatic carbocycles. The fourth-order valence-electron chi connectivity index (χ4n) is 2.90. The highest BCUT2D eigenvalue weighted by molar-refractivity contribution is 5.89. The molecule has 22 heavy (non-hydrogen) atoms. The fourth-order valence-corrected chi connectivity index (χ4v) is 2.90. The van der Waals surface area contributed by atoms with Crippen LogP contribution in [-0.2, 0) is 20.9 Å². The van der Waals surface area contributed by atoms with Crippen LogP contribution in [0.3, 0.4) is 0 Å². The second-order valence-electron chi connectivity index (χ2n) is 5.93. The number of carbonyl (C=O) groups is 2. The van der Waals surface area contributed by atoms with Gasteiger partial charge >= 0.3 is 0 Å². The van der Waals surface area contributed by atoms with Crippen LogP contribution in [0.1, 0.15) is 18.9 Å². The largest absolute Gasteiger partial charge is 0.383 e. The lowest BCUT2D eigenvalue weighted by molar-refractivity contribution is -0.135. The maximum absolute atomic E-state index is 12.5. The highest BCUT2D eigenvalue weighted by Gasteiger charge is 2.37. The molecule has 0 aromatic heterocycles. The van der Waals surface area contributed by atoms with Gasteiger partial charge in [-0.25, -0.2) is 0 Å². The number of hydrogen-bond donors (Lipinski definition) is 0. The third-order valence-electron chi connectivity index (χ3n) is 4.09. The van der Waals surface area contributed by atoms with Gasteiger partial charge in [-0.2, -0.15) is 0 Å². The van der Waals surface area contributed by atoms with E-state index >= 15 is 0 Å². The molecule has 5 nitrogen and oxygen atoms in total. The summed E-state index contributed by atoms with van der Waals surface area (Å²) in [6.45, 7) is 3.49. The summed E-state index contributed by atoms with van der Waals surface area (Å²) < 4.78 is 5.10. The zero-order valence-electron chi connectivity index (χ0n) is 13.5. The number of nitrogens with zero attached hydrogens (tertiary/aromatic N) is 2. The molecular formula is C17H24N2O3. The Hall–Kier alpha value is -1.88. The molecule has 1 aliphatic heterocycles. The zero-order valence-corrected chi connectivity index (χ0v) is 13.5. The van der Waals surface area contributed by atoms with Crippen LogP contribution in [-0.4, -0.2) is 55.0 Å². The van der Waals surface area contributed by atoms with E-state index in [1.165, 1.54) is 0 Å². The van der Waals surface area contributed by atoms with Gasteiger partial charge in [0.2, 0.25) is 11.8 Å². The summed E-state index contributed by atoms with van der Waals surface area (Å²) >= 11 is 0. The molecule has 2 atom stereocenters. The van der Waals surface area contributed by atoms with Gasteiger partial charge < -0.3 is 14.5 Å². The fraction of sp³-hybridized carbons (Fsp3) is 0.529. The van der Waals surface area contributed by atoms with Gasteiger partial charge in [0.1, 0.15) is 0 Å². The number of ether oxygens (including phenoxy) is 1. The van der Waals surface area contributed by atoms with Crippen molar-refractivity contribution in [2.45, 2.75) is 25.9 Å². The van der Waals surface area contributed by atoms with Crippen LogP contribution >= 0.6 is 0 Å². The normalized spacial score (nSPS) is 19.3. The van der Waals surface area contributed by atoms with Gasteiger partial charge in [0.15, 0.2) is 0 Å². The van der Waals surface area contributed by atoms with Crippen LogP contribution in [0.25, 0.3) is 0 Å². The Bertz CT molecular complexity index is 518. The summed E-state index contributed by atoms with van der Waals surface area (Å²) in [4.78, 5) is 28.1. The average molecular weight is 304 g/mol.